The van der Waals surface area contributed by atoms with Gasteiger partial charge in [0.2, 0.25) is 5.91 Å². The summed E-state index contributed by atoms with van der Waals surface area (Å²) in [5, 5.41) is 21.6. The Kier molecular flexibility index (Phi) is 5.04. The summed E-state index contributed by atoms with van der Waals surface area (Å²) in [6, 6.07) is 0. The number of nitrogens with one attached hydrogen (secondary N) is 1. The highest BCUT2D eigenvalue weighted by Crippen LogP contribution is 2.14. The number of amides is 1. The Morgan fingerprint density at radius 3 is 2.43 bits per heavy atom. The molecule has 0 heterocycles. The Hall–Kier alpha value is -0.650. The van der Waals surface area contributed by atoms with Crippen molar-refractivity contribution in [1.29, 1.82) is 0 Å². The molecule has 0 radical (unpaired) electrons. The van der Waals surface area contributed by atoms with Gasteiger partial charge in [-0.1, -0.05) is 13.8 Å². The summed E-state index contributed by atoms with van der Waals surface area (Å²) in [7, 11) is 0. The molecule has 2 unspecified atom stereocenters. The second-order valence-corrected chi connectivity index (χ2v) is 4.06. The van der Waals surface area contributed by atoms with E-state index in [1.54, 1.807) is 6.92 Å². The van der Waals surface area contributed by atoms with E-state index in [0.29, 0.717) is 6.54 Å². The third kappa shape index (κ3) is 4.55. The number of carbonyl (C=O) groups is 1. The van der Waals surface area contributed by atoms with Crippen molar-refractivity contribution in [1.82, 2.24) is 5.32 Å². The molecule has 0 aromatic carbocycles. The zero-order valence-electron chi connectivity index (χ0n) is 8.95. The first kappa shape index (κ1) is 13.4. The number of aliphatic hydroxyl groups is 2. The molecule has 0 aliphatic heterocycles. The molecule has 0 aromatic heterocycles. The first-order valence-electron chi connectivity index (χ1n) is 4.68. The van der Waals surface area contributed by atoms with Crippen LogP contribution < -0.4 is 11.1 Å². The molecule has 84 valence electrons. The minimum atomic E-state index is -1.20. The number of carbonyl (C=O) groups excluding carboxylic acids is 1. The molecule has 0 saturated carbocycles. The first-order chi connectivity index (χ1) is 6.27. The fourth-order valence-corrected chi connectivity index (χ4v) is 0.767. The number of hydrogen-bond donors (Lipinski definition) is 4. The van der Waals surface area contributed by atoms with Crippen molar-refractivity contribution in [3.05, 3.63) is 0 Å². The lowest BCUT2D eigenvalue weighted by molar-refractivity contribution is -0.125. The molecule has 0 aromatic rings. The first-order valence-corrected chi connectivity index (χ1v) is 4.68. The van der Waals surface area contributed by atoms with Crippen LogP contribution in [-0.2, 0) is 4.79 Å². The predicted molar refractivity (Wildman–Crippen MR) is 53.5 cm³/mol. The SMILES string of the molecule is CC(C)C(C)(O)CNCC(O)C(N)=O. The molecule has 0 aliphatic rings. The topological polar surface area (TPSA) is 95.6 Å². The van der Waals surface area contributed by atoms with Gasteiger partial charge in [-0.25, -0.2) is 0 Å². The molecule has 5 N–H and O–H groups in total. The maximum Gasteiger partial charge on any atom is 0.247 e. The molecule has 0 aliphatic carbocycles. The third-order valence-electron chi connectivity index (χ3n) is 2.39. The van der Waals surface area contributed by atoms with Crippen molar-refractivity contribution >= 4 is 5.91 Å². The van der Waals surface area contributed by atoms with E-state index in [2.05, 4.69) is 5.32 Å². The van der Waals surface area contributed by atoms with Crippen molar-refractivity contribution in [3.8, 4) is 0 Å². The molecule has 0 rings (SSSR count). The van der Waals surface area contributed by atoms with Gasteiger partial charge in [-0.05, 0) is 12.8 Å². The average Bonchev–Trinajstić information content (AvgIpc) is 2.03. The predicted octanol–water partition coefficient (Wildman–Crippen LogP) is -1.17. The normalized spacial score (nSPS) is 17.9. The molecular formula is C9H20N2O3. The van der Waals surface area contributed by atoms with Crippen LogP contribution in [0.15, 0.2) is 0 Å². The van der Waals surface area contributed by atoms with Crippen molar-refractivity contribution in [3.63, 3.8) is 0 Å². The van der Waals surface area contributed by atoms with E-state index in [4.69, 9.17) is 10.8 Å². The van der Waals surface area contributed by atoms with Gasteiger partial charge in [0.1, 0.15) is 6.10 Å². The Bertz CT molecular complexity index is 192. The van der Waals surface area contributed by atoms with Crippen LogP contribution in [0.1, 0.15) is 20.8 Å². The van der Waals surface area contributed by atoms with Gasteiger partial charge in [-0.15, -0.1) is 0 Å². The fraction of sp³-hybridized carbons (Fsp3) is 0.889. The minimum Gasteiger partial charge on any atom is -0.389 e. The number of hydrogen-bond acceptors (Lipinski definition) is 4. The number of nitrogens with two attached hydrogens (primary N) is 1. The summed E-state index contributed by atoms with van der Waals surface area (Å²) in [5.74, 6) is -0.664. The van der Waals surface area contributed by atoms with Crippen LogP contribution in [-0.4, -0.2) is 40.9 Å². The molecule has 5 heteroatoms. The van der Waals surface area contributed by atoms with Gasteiger partial charge in [-0.2, -0.15) is 0 Å². The van der Waals surface area contributed by atoms with Crippen molar-refractivity contribution < 1.29 is 15.0 Å². The van der Waals surface area contributed by atoms with Crippen LogP contribution in [0.2, 0.25) is 0 Å². The second kappa shape index (κ2) is 5.29. The van der Waals surface area contributed by atoms with Crippen LogP contribution in [0.3, 0.4) is 0 Å². The fourth-order valence-electron chi connectivity index (χ4n) is 0.767. The van der Waals surface area contributed by atoms with Crippen LogP contribution in [0.25, 0.3) is 0 Å². The molecule has 0 spiro atoms. The van der Waals surface area contributed by atoms with Crippen LogP contribution in [0.4, 0.5) is 0 Å². The molecule has 2 atom stereocenters. The summed E-state index contributed by atoms with van der Waals surface area (Å²) in [6.45, 7) is 5.87. The Labute approximate surface area is 84.3 Å². The zero-order chi connectivity index (χ0) is 11.4. The van der Waals surface area contributed by atoms with Gasteiger partial charge < -0.3 is 21.3 Å². The van der Waals surface area contributed by atoms with Crippen LogP contribution in [0, 0.1) is 5.92 Å². The minimum absolute atomic E-state index is 0.0677. The lowest BCUT2D eigenvalue weighted by Crippen LogP contribution is -2.46. The van der Waals surface area contributed by atoms with Crippen molar-refractivity contribution in [2.45, 2.75) is 32.5 Å². The highest BCUT2D eigenvalue weighted by Gasteiger charge is 2.24. The highest BCUT2D eigenvalue weighted by atomic mass is 16.3. The third-order valence-corrected chi connectivity index (χ3v) is 2.39. The van der Waals surface area contributed by atoms with Gasteiger partial charge in [0.15, 0.2) is 0 Å². The zero-order valence-corrected chi connectivity index (χ0v) is 8.95. The maximum absolute atomic E-state index is 10.5. The molecule has 14 heavy (non-hydrogen) atoms. The van der Waals surface area contributed by atoms with E-state index in [1.165, 1.54) is 0 Å². The molecule has 5 nitrogen and oxygen atoms in total. The maximum atomic E-state index is 10.5. The van der Waals surface area contributed by atoms with E-state index < -0.39 is 17.6 Å². The van der Waals surface area contributed by atoms with Gasteiger partial charge >= 0.3 is 0 Å². The van der Waals surface area contributed by atoms with Crippen molar-refractivity contribution in [2.75, 3.05) is 13.1 Å². The van der Waals surface area contributed by atoms with Crippen molar-refractivity contribution in [2.24, 2.45) is 11.7 Å². The van der Waals surface area contributed by atoms with Gasteiger partial charge in [0.05, 0.1) is 5.60 Å². The quantitative estimate of drug-likeness (QED) is 0.438. The molecule has 0 fully saturated rings. The van der Waals surface area contributed by atoms with E-state index in [0.717, 1.165) is 0 Å². The molecule has 1 amide bonds. The summed E-state index contributed by atoms with van der Waals surface area (Å²) in [5.41, 5.74) is 4.00. The van der Waals surface area contributed by atoms with Gasteiger partial charge in [-0.3, -0.25) is 4.79 Å². The Balaban J connectivity index is 3.79. The average molecular weight is 204 g/mol. The van der Waals surface area contributed by atoms with E-state index in [9.17, 15) is 9.90 Å². The molecular weight excluding hydrogens is 184 g/mol. The number of rotatable bonds is 6. The largest absolute Gasteiger partial charge is 0.389 e. The highest BCUT2D eigenvalue weighted by molar-refractivity contribution is 5.78. The van der Waals surface area contributed by atoms with Crippen LogP contribution in [0.5, 0.6) is 0 Å². The summed E-state index contributed by atoms with van der Waals surface area (Å²) >= 11 is 0. The molecule has 0 saturated heterocycles. The second-order valence-electron chi connectivity index (χ2n) is 4.06. The van der Waals surface area contributed by atoms with E-state index in [-0.39, 0.29) is 12.5 Å². The van der Waals surface area contributed by atoms with Gasteiger partial charge in [0, 0.05) is 13.1 Å². The van der Waals surface area contributed by atoms with E-state index in [1.807, 2.05) is 13.8 Å². The Morgan fingerprint density at radius 2 is 2.07 bits per heavy atom. The van der Waals surface area contributed by atoms with Gasteiger partial charge in [0.25, 0.3) is 0 Å². The monoisotopic (exact) mass is 204 g/mol. The standard InChI is InChI=1S/C9H20N2O3/c1-6(2)9(3,14)5-11-4-7(12)8(10)13/h6-7,11-12,14H,4-5H2,1-3H3,(H2,10,13). The molecule has 0 bridgehead atoms. The number of aliphatic hydroxyl groups excluding tert-OH is 1. The van der Waals surface area contributed by atoms with E-state index >= 15 is 0 Å². The van der Waals surface area contributed by atoms with Crippen LogP contribution >= 0.6 is 0 Å². The Morgan fingerprint density at radius 1 is 1.57 bits per heavy atom. The smallest absolute Gasteiger partial charge is 0.247 e. The lowest BCUT2D eigenvalue weighted by atomic mass is 9.92. The summed E-state index contributed by atoms with van der Waals surface area (Å²) in [4.78, 5) is 10.5. The number of primary amides is 1. The summed E-state index contributed by atoms with van der Waals surface area (Å²) in [6.07, 6.45) is -1.20. The lowest BCUT2D eigenvalue weighted by Gasteiger charge is -2.28. The summed E-state index contributed by atoms with van der Waals surface area (Å²) < 4.78 is 0.